The van der Waals surface area contributed by atoms with Crippen LogP contribution in [0.1, 0.15) is 50.9 Å². The number of aromatic nitrogens is 2. The Morgan fingerprint density at radius 3 is 2.63 bits per heavy atom. The fraction of sp³-hybridized carbons (Fsp3) is 0.714. The number of ether oxygens (including phenoxy) is 1. The number of carbonyl (C=O) groups is 1. The molecule has 5 nitrogen and oxygen atoms in total. The molecule has 106 valence electrons. The molecule has 0 aromatic carbocycles. The molecule has 0 radical (unpaired) electrons. The topological polar surface area (TPSA) is 56.1 Å². The molecule has 1 fully saturated rings. The summed E-state index contributed by atoms with van der Waals surface area (Å²) >= 11 is 0. The Morgan fingerprint density at radius 2 is 2.16 bits per heavy atom. The first kappa shape index (κ1) is 14.1. The van der Waals surface area contributed by atoms with Crippen LogP contribution in [0.15, 0.2) is 6.20 Å². The number of esters is 1. The SMILES string of the molecule is COC(=O)C(NC1CC1)c1cn(C)nc1C(C)(C)C. The van der Waals surface area contributed by atoms with E-state index in [1.54, 1.807) is 4.68 Å². The Balaban J connectivity index is 2.37. The van der Waals surface area contributed by atoms with E-state index in [0.29, 0.717) is 6.04 Å². The Morgan fingerprint density at radius 1 is 1.53 bits per heavy atom. The van der Waals surface area contributed by atoms with Gasteiger partial charge in [-0.2, -0.15) is 5.10 Å². The molecule has 1 aromatic heterocycles. The first-order chi connectivity index (χ1) is 8.82. The fourth-order valence-electron chi connectivity index (χ4n) is 2.19. The molecule has 1 aliphatic carbocycles. The second-order valence-electron chi connectivity index (χ2n) is 6.25. The summed E-state index contributed by atoms with van der Waals surface area (Å²) in [6, 6.07) is 0.0116. The highest BCUT2D eigenvalue weighted by molar-refractivity contribution is 5.78. The molecule has 1 aliphatic rings. The highest BCUT2D eigenvalue weighted by Crippen LogP contribution is 2.31. The molecule has 5 heteroatoms. The largest absolute Gasteiger partial charge is 0.468 e. The Labute approximate surface area is 114 Å². The average Bonchev–Trinajstić information content (AvgIpc) is 3.05. The maximum atomic E-state index is 12.0. The lowest BCUT2D eigenvalue weighted by Gasteiger charge is -2.22. The van der Waals surface area contributed by atoms with E-state index >= 15 is 0 Å². The van der Waals surface area contributed by atoms with E-state index in [-0.39, 0.29) is 11.4 Å². The third-order valence-electron chi connectivity index (χ3n) is 3.30. The zero-order valence-corrected chi connectivity index (χ0v) is 12.4. The van der Waals surface area contributed by atoms with Gasteiger partial charge in [0.15, 0.2) is 0 Å². The monoisotopic (exact) mass is 265 g/mol. The maximum Gasteiger partial charge on any atom is 0.327 e. The number of rotatable bonds is 4. The quantitative estimate of drug-likeness (QED) is 0.842. The van der Waals surface area contributed by atoms with Gasteiger partial charge in [-0.25, -0.2) is 4.79 Å². The Hall–Kier alpha value is -1.36. The van der Waals surface area contributed by atoms with Gasteiger partial charge in [0.05, 0.1) is 12.8 Å². The summed E-state index contributed by atoms with van der Waals surface area (Å²) in [6.45, 7) is 6.30. The number of nitrogens with zero attached hydrogens (tertiary/aromatic N) is 2. The number of aryl methyl sites for hydroxylation is 1. The van der Waals surface area contributed by atoms with Gasteiger partial charge in [0, 0.05) is 30.3 Å². The molecule has 0 spiro atoms. The summed E-state index contributed by atoms with van der Waals surface area (Å²) in [5.41, 5.74) is 1.76. The van der Waals surface area contributed by atoms with Crippen molar-refractivity contribution in [1.82, 2.24) is 15.1 Å². The molecule has 0 aliphatic heterocycles. The Kier molecular flexibility index (Phi) is 3.67. The lowest BCUT2D eigenvalue weighted by molar-refractivity contribution is -0.143. The van der Waals surface area contributed by atoms with Crippen molar-refractivity contribution in [3.63, 3.8) is 0 Å². The molecule has 1 N–H and O–H groups in total. The standard InChI is InChI=1S/C14H23N3O2/c1-14(2,3)12-10(8-17(4)16-12)11(13(18)19-5)15-9-6-7-9/h8-9,11,15H,6-7H2,1-5H3. The number of methoxy groups -OCH3 is 1. The normalized spacial score (nSPS) is 17.3. The minimum atomic E-state index is -0.416. The lowest BCUT2D eigenvalue weighted by atomic mass is 9.87. The van der Waals surface area contributed by atoms with Crippen molar-refractivity contribution < 1.29 is 9.53 Å². The van der Waals surface area contributed by atoms with Gasteiger partial charge < -0.3 is 4.74 Å². The molecular weight excluding hydrogens is 242 g/mol. The van der Waals surface area contributed by atoms with Crippen LogP contribution in [0.3, 0.4) is 0 Å². The minimum absolute atomic E-state index is 0.103. The van der Waals surface area contributed by atoms with Gasteiger partial charge >= 0.3 is 5.97 Å². The summed E-state index contributed by atoms with van der Waals surface area (Å²) in [5.74, 6) is -0.245. The lowest BCUT2D eigenvalue weighted by Crippen LogP contribution is -2.33. The van der Waals surface area contributed by atoms with Crippen LogP contribution < -0.4 is 5.32 Å². The van der Waals surface area contributed by atoms with Crippen LogP contribution in [0, 0.1) is 0 Å². The second-order valence-corrected chi connectivity index (χ2v) is 6.25. The van der Waals surface area contributed by atoms with Crippen LogP contribution in [0.25, 0.3) is 0 Å². The first-order valence-electron chi connectivity index (χ1n) is 6.71. The summed E-state index contributed by atoms with van der Waals surface area (Å²) in [5, 5.41) is 7.87. The molecule has 0 bridgehead atoms. The Bertz CT molecular complexity index is 470. The van der Waals surface area contributed by atoms with Crippen LogP contribution in [0.2, 0.25) is 0 Å². The molecule has 0 amide bonds. The van der Waals surface area contributed by atoms with Gasteiger partial charge in [-0.1, -0.05) is 20.8 Å². The number of carbonyl (C=O) groups excluding carboxylic acids is 1. The number of hydrogen-bond donors (Lipinski definition) is 1. The summed E-state index contributed by atoms with van der Waals surface area (Å²) in [6.07, 6.45) is 4.16. The van der Waals surface area contributed by atoms with Crippen molar-refractivity contribution >= 4 is 5.97 Å². The number of nitrogens with one attached hydrogen (secondary N) is 1. The van der Waals surface area contributed by atoms with Crippen molar-refractivity contribution in [2.75, 3.05) is 7.11 Å². The molecule has 0 saturated heterocycles. The van der Waals surface area contributed by atoms with E-state index in [0.717, 1.165) is 24.1 Å². The van der Waals surface area contributed by atoms with E-state index in [1.165, 1.54) is 7.11 Å². The van der Waals surface area contributed by atoms with Gasteiger partial charge in [0.1, 0.15) is 6.04 Å². The minimum Gasteiger partial charge on any atom is -0.468 e. The van der Waals surface area contributed by atoms with Gasteiger partial charge in [-0.3, -0.25) is 10.00 Å². The van der Waals surface area contributed by atoms with Crippen LogP contribution in [0.5, 0.6) is 0 Å². The maximum absolute atomic E-state index is 12.0. The number of hydrogen-bond acceptors (Lipinski definition) is 4. The van der Waals surface area contributed by atoms with Crippen LogP contribution in [0.4, 0.5) is 0 Å². The molecule has 1 aromatic rings. The summed E-state index contributed by atoms with van der Waals surface area (Å²) < 4.78 is 6.70. The zero-order valence-electron chi connectivity index (χ0n) is 12.4. The van der Waals surface area contributed by atoms with Crippen LogP contribution in [-0.2, 0) is 22.0 Å². The van der Waals surface area contributed by atoms with Crippen molar-refractivity contribution in [3.05, 3.63) is 17.5 Å². The predicted octanol–water partition coefficient (Wildman–Crippen LogP) is 1.68. The third-order valence-corrected chi connectivity index (χ3v) is 3.30. The van der Waals surface area contributed by atoms with E-state index in [2.05, 4.69) is 31.2 Å². The smallest absolute Gasteiger partial charge is 0.327 e. The summed E-state index contributed by atoms with van der Waals surface area (Å²) in [7, 11) is 3.31. The van der Waals surface area contributed by atoms with Crippen molar-refractivity contribution in [2.45, 2.75) is 51.1 Å². The highest BCUT2D eigenvalue weighted by atomic mass is 16.5. The third kappa shape index (κ3) is 3.15. The van der Waals surface area contributed by atoms with E-state index in [4.69, 9.17) is 4.74 Å². The molecule has 19 heavy (non-hydrogen) atoms. The van der Waals surface area contributed by atoms with E-state index in [9.17, 15) is 4.79 Å². The fourth-order valence-corrected chi connectivity index (χ4v) is 2.19. The van der Waals surface area contributed by atoms with Gasteiger partial charge in [-0.05, 0) is 12.8 Å². The second kappa shape index (κ2) is 4.96. The first-order valence-corrected chi connectivity index (χ1v) is 6.71. The summed E-state index contributed by atoms with van der Waals surface area (Å²) in [4.78, 5) is 12.0. The van der Waals surface area contributed by atoms with Crippen LogP contribution in [-0.4, -0.2) is 28.9 Å². The molecule has 1 atom stereocenters. The molecular formula is C14H23N3O2. The molecule has 1 unspecified atom stereocenters. The average molecular weight is 265 g/mol. The van der Waals surface area contributed by atoms with Crippen molar-refractivity contribution in [3.8, 4) is 0 Å². The van der Waals surface area contributed by atoms with Gasteiger partial charge in [-0.15, -0.1) is 0 Å². The van der Waals surface area contributed by atoms with Crippen molar-refractivity contribution in [1.29, 1.82) is 0 Å². The van der Waals surface area contributed by atoms with Gasteiger partial charge in [0.2, 0.25) is 0 Å². The van der Waals surface area contributed by atoms with Gasteiger partial charge in [0.25, 0.3) is 0 Å². The van der Waals surface area contributed by atoms with E-state index < -0.39 is 6.04 Å². The molecule has 2 rings (SSSR count). The van der Waals surface area contributed by atoms with Crippen LogP contribution >= 0.6 is 0 Å². The van der Waals surface area contributed by atoms with Crippen molar-refractivity contribution in [2.24, 2.45) is 7.05 Å². The van der Waals surface area contributed by atoms with E-state index in [1.807, 2.05) is 13.2 Å². The predicted molar refractivity (Wildman–Crippen MR) is 72.8 cm³/mol. The highest BCUT2D eigenvalue weighted by Gasteiger charge is 2.35. The zero-order chi connectivity index (χ0) is 14.2. The molecule has 1 saturated carbocycles. The molecule has 1 heterocycles.